The molecule has 1 heteroatoms. The first-order chi connectivity index (χ1) is 31.4. The molecule has 228 valence electrons. The summed E-state index contributed by atoms with van der Waals surface area (Å²) in [6.45, 7) is 0. The normalized spacial score (nSPS) is 16.5. The summed E-state index contributed by atoms with van der Waals surface area (Å²) in [5, 5.41) is 1.95. The molecule has 0 aliphatic heterocycles. The zero-order valence-electron chi connectivity index (χ0n) is 42.4. The highest BCUT2D eigenvalue weighted by molar-refractivity contribution is 6.24. The molecule has 1 heterocycles. The minimum absolute atomic E-state index is 0.00393. The topological polar surface area (TPSA) is 13.1 Å². The SMILES string of the molecule is [2H]c1c([2H])c([2H])c(-c2c([2H])c([2H])c(-c3c4c([2H])c([2H])c([2H])c([2H])c4c(-c4ccc(-c5ccc6c(c5)oc5ccccc56)c5ccccc45)c4c([2H])c([2H])c([2H])c([2H])c34)c([2H])c2[2H])c([2H])c1[2H]. The second kappa shape index (κ2) is 11.1. The quantitative estimate of drug-likeness (QED) is 0.175. The largest absolute Gasteiger partial charge is 0.456 e. The van der Waals surface area contributed by atoms with Gasteiger partial charge in [-0.3, -0.25) is 0 Å². The molecule has 0 amide bonds. The van der Waals surface area contributed by atoms with E-state index in [1.54, 1.807) is 18.2 Å². The van der Waals surface area contributed by atoms with Crippen molar-refractivity contribution >= 4 is 54.3 Å². The number of benzene rings is 9. The van der Waals surface area contributed by atoms with Gasteiger partial charge in [0.2, 0.25) is 0 Å². The molecule has 0 atom stereocenters. The van der Waals surface area contributed by atoms with Crippen molar-refractivity contribution in [2.75, 3.05) is 0 Å². The van der Waals surface area contributed by atoms with Crippen molar-refractivity contribution < 1.29 is 27.7 Å². The highest BCUT2D eigenvalue weighted by Gasteiger charge is 2.19. The maximum Gasteiger partial charge on any atom is 0.136 e. The van der Waals surface area contributed by atoms with Gasteiger partial charge < -0.3 is 4.42 Å². The third-order valence-electron chi connectivity index (χ3n) is 8.88. The summed E-state index contributed by atoms with van der Waals surface area (Å²) in [5.41, 5.74) is 0.970. The highest BCUT2D eigenvalue weighted by atomic mass is 16.3. The second-order valence-corrected chi connectivity index (χ2v) is 11.5. The van der Waals surface area contributed by atoms with E-state index in [1.165, 1.54) is 0 Å². The van der Waals surface area contributed by atoms with Crippen LogP contribution in [0, 0.1) is 0 Å². The number of hydrogen-bond acceptors (Lipinski definition) is 1. The van der Waals surface area contributed by atoms with Gasteiger partial charge in [-0.05, 0) is 95.0 Å². The third-order valence-corrected chi connectivity index (χ3v) is 8.88. The molecule has 49 heavy (non-hydrogen) atoms. The summed E-state index contributed by atoms with van der Waals surface area (Å²) in [6.07, 6.45) is 0. The molecular weight excluding hydrogens is 593 g/mol. The van der Waals surface area contributed by atoms with E-state index in [-0.39, 0.29) is 27.1 Å². The molecule has 0 bridgehead atoms. The van der Waals surface area contributed by atoms with Gasteiger partial charge in [-0.25, -0.2) is 0 Å². The zero-order valence-corrected chi connectivity index (χ0v) is 25.4. The van der Waals surface area contributed by atoms with Crippen LogP contribution in [-0.4, -0.2) is 0 Å². The summed E-state index contributed by atoms with van der Waals surface area (Å²) in [6, 6.07) is 11.5. The lowest BCUT2D eigenvalue weighted by atomic mass is 9.83. The number of para-hydroxylation sites is 1. The van der Waals surface area contributed by atoms with E-state index < -0.39 is 125 Å². The molecule has 0 radical (unpaired) electrons. The first kappa shape index (κ1) is 15.6. The van der Waals surface area contributed by atoms with E-state index in [9.17, 15) is 11.0 Å². The Hall–Kier alpha value is -6.44. The standard InChI is InChI=1S/C48H30O/c1-2-12-31(13-3-1)32-22-24-33(25-23-32)47-40-17-6-8-19-42(40)48(43-20-9-7-18-41(43)47)44-29-28-35(36-14-4-5-15-37(36)44)34-26-27-39-38-16-10-11-21-45(38)49-46(39)30-34/h1-30H/i1D,2D,3D,6D,7D,8D,9D,12D,13D,17D,18D,19D,20D,22D,23D,24D,25D. The molecule has 0 N–H and O–H groups in total. The minimum Gasteiger partial charge on any atom is -0.456 e. The van der Waals surface area contributed by atoms with Crippen LogP contribution in [0.1, 0.15) is 23.3 Å². The Balaban J connectivity index is 1.36. The maximum absolute atomic E-state index is 9.47. The minimum atomic E-state index is -0.862. The molecule has 1 aromatic heterocycles. The lowest BCUT2D eigenvalue weighted by molar-refractivity contribution is 0.669. The van der Waals surface area contributed by atoms with Crippen molar-refractivity contribution in [2.45, 2.75) is 0 Å². The predicted octanol–water partition coefficient (Wildman–Crippen LogP) is 13.7. The summed E-state index contributed by atoms with van der Waals surface area (Å²) in [4.78, 5) is 0. The smallest absolute Gasteiger partial charge is 0.136 e. The molecule has 9 aromatic carbocycles. The van der Waals surface area contributed by atoms with Crippen molar-refractivity contribution in [1.29, 1.82) is 0 Å². The Morgan fingerprint density at radius 2 is 0.837 bits per heavy atom. The number of rotatable bonds is 4. The molecule has 10 aromatic rings. The van der Waals surface area contributed by atoms with Crippen LogP contribution in [0.3, 0.4) is 0 Å². The van der Waals surface area contributed by atoms with Crippen molar-refractivity contribution in [3.63, 3.8) is 0 Å². The first-order valence-corrected chi connectivity index (χ1v) is 15.5. The lowest BCUT2D eigenvalue weighted by Crippen LogP contribution is -1.92. The summed E-state index contributed by atoms with van der Waals surface area (Å²) < 4.78 is 158. The van der Waals surface area contributed by atoms with Crippen LogP contribution >= 0.6 is 0 Å². The maximum atomic E-state index is 9.47. The lowest BCUT2D eigenvalue weighted by Gasteiger charge is -2.20. The van der Waals surface area contributed by atoms with Gasteiger partial charge >= 0.3 is 0 Å². The van der Waals surface area contributed by atoms with Crippen LogP contribution in [0.4, 0.5) is 0 Å². The Morgan fingerprint density at radius 3 is 1.53 bits per heavy atom. The summed E-state index contributed by atoms with van der Waals surface area (Å²) >= 11 is 0. The molecule has 0 aliphatic carbocycles. The van der Waals surface area contributed by atoms with Gasteiger partial charge in [0.15, 0.2) is 0 Å². The fraction of sp³-hybridized carbons (Fsp3) is 0. The highest BCUT2D eigenvalue weighted by Crippen LogP contribution is 2.47. The number of furan rings is 1. The Morgan fingerprint density at radius 1 is 0.327 bits per heavy atom. The van der Waals surface area contributed by atoms with Gasteiger partial charge in [-0.1, -0.05) is 163 Å². The average molecular weight is 640 g/mol. The zero-order chi connectivity index (χ0) is 47.1. The second-order valence-electron chi connectivity index (χ2n) is 11.5. The molecule has 10 rings (SSSR count). The molecule has 1 nitrogen and oxygen atoms in total. The van der Waals surface area contributed by atoms with Crippen LogP contribution in [0.15, 0.2) is 186 Å². The number of hydrogen-bond donors (Lipinski definition) is 0. The monoisotopic (exact) mass is 639 g/mol. The van der Waals surface area contributed by atoms with E-state index >= 15 is 0 Å². The van der Waals surface area contributed by atoms with Crippen LogP contribution in [-0.2, 0) is 0 Å². The molecule has 0 saturated heterocycles. The first-order valence-electron chi connectivity index (χ1n) is 24.0. The van der Waals surface area contributed by atoms with E-state index in [0.29, 0.717) is 21.9 Å². The van der Waals surface area contributed by atoms with E-state index in [1.807, 2.05) is 60.7 Å². The van der Waals surface area contributed by atoms with E-state index in [4.69, 9.17) is 16.8 Å². The van der Waals surface area contributed by atoms with Gasteiger partial charge in [0.05, 0.1) is 23.3 Å². The van der Waals surface area contributed by atoms with Gasteiger partial charge in [0.25, 0.3) is 0 Å². The van der Waals surface area contributed by atoms with Crippen LogP contribution in [0.2, 0.25) is 0 Å². The van der Waals surface area contributed by atoms with Crippen molar-refractivity contribution in [3.05, 3.63) is 182 Å². The summed E-state index contributed by atoms with van der Waals surface area (Å²) in [7, 11) is 0. The van der Waals surface area contributed by atoms with Crippen molar-refractivity contribution in [3.8, 4) is 44.5 Å². The van der Waals surface area contributed by atoms with Crippen molar-refractivity contribution in [2.24, 2.45) is 0 Å². The predicted molar refractivity (Wildman–Crippen MR) is 208 cm³/mol. The van der Waals surface area contributed by atoms with Crippen molar-refractivity contribution in [1.82, 2.24) is 0 Å². The Kier molecular flexibility index (Phi) is 3.54. The Labute approximate surface area is 308 Å². The van der Waals surface area contributed by atoms with E-state index in [2.05, 4.69) is 0 Å². The molecule has 0 aliphatic rings. The van der Waals surface area contributed by atoms with Gasteiger partial charge in [0.1, 0.15) is 11.2 Å². The fourth-order valence-corrected chi connectivity index (χ4v) is 6.74. The molecular formula is C48H30O. The molecule has 0 fully saturated rings. The van der Waals surface area contributed by atoms with Gasteiger partial charge in [0, 0.05) is 10.8 Å². The molecule has 0 saturated carbocycles. The molecule has 0 spiro atoms. The van der Waals surface area contributed by atoms with Crippen LogP contribution < -0.4 is 0 Å². The van der Waals surface area contributed by atoms with Crippen LogP contribution in [0.5, 0.6) is 0 Å². The van der Waals surface area contributed by atoms with Gasteiger partial charge in [-0.15, -0.1) is 0 Å². The third kappa shape index (κ3) is 4.40. The average Bonchev–Trinajstić information content (AvgIpc) is 3.70. The van der Waals surface area contributed by atoms with Gasteiger partial charge in [-0.2, -0.15) is 0 Å². The molecule has 0 unspecified atom stereocenters. The summed E-state index contributed by atoms with van der Waals surface area (Å²) in [5.74, 6) is 0. The van der Waals surface area contributed by atoms with E-state index in [0.717, 1.165) is 27.5 Å². The fourth-order valence-electron chi connectivity index (χ4n) is 6.74. The Bertz CT molecular complexity index is 3720. The van der Waals surface area contributed by atoms with Crippen LogP contribution in [0.25, 0.3) is 98.8 Å². The number of fused-ring (bicyclic) bond motifs is 6.